The Kier molecular flexibility index (Phi) is 5.02. The number of piperazine rings is 1. The first-order valence-corrected chi connectivity index (χ1v) is 5.91. The Morgan fingerprint density at radius 2 is 1.88 bits per heavy atom. The van der Waals surface area contributed by atoms with Crippen LogP contribution in [-0.4, -0.2) is 78.8 Å². The molecule has 1 saturated heterocycles. The quantitative estimate of drug-likeness (QED) is 0.744. The van der Waals surface area contributed by atoms with E-state index in [0.717, 1.165) is 39.1 Å². The van der Waals surface area contributed by atoms with E-state index in [0.29, 0.717) is 0 Å². The van der Waals surface area contributed by atoms with Crippen molar-refractivity contribution in [2.75, 3.05) is 46.8 Å². The van der Waals surface area contributed by atoms with Crippen molar-refractivity contribution >= 4 is 6.03 Å². The number of amides is 2. The van der Waals surface area contributed by atoms with E-state index in [2.05, 4.69) is 4.90 Å². The second-order valence-electron chi connectivity index (χ2n) is 4.53. The Morgan fingerprint density at radius 1 is 1.31 bits per heavy atom. The molecule has 0 aliphatic carbocycles. The maximum Gasteiger partial charge on any atom is 0.319 e. The van der Waals surface area contributed by atoms with Crippen LogP contribution in [0.5, 0.6) is 0 Å². The fraction of sp³-hybridized carbons (Fsp3) is 0.909. The summed E-state index contributed by atoms with van der Waals surface area (Å²) in [5.74, 6) is 0. The number of carbonyl (C=O) groups excluding carboxylic acids is 1. The minimum absolute atomic E-state index is 0.0793. The minimum atomic E-state index is -0.240. The van der Waals surface area contributed by atoms with Crippen molar-refractivity contribution in [3.8, 4) is 0 Å². The van der Waals surface area contributed by atoms with Crippen LogP contribution in [0.15, 0.2) is 0 Å². The van der Waals surface area contributed by atoms with Crippen LogP contribution in [0.1, 0.15) is 13.3 Å². The summed E-state index contributed by atoms with van der Waals surface area (Å²) in [4.78, 5) is 17.3. The van der Waals surface area contributed by atoms with Gasteiger partial charge in [-0.1, -0.05) is 6.92 Å². The van der Waals surface area contributed by atoms with Crippen molar-refractivity contribution in [3.05, 3.63) is 0 Å². The van der Waals surface area contributed by atoms with Gasteiger partial charge in [0.2, 0.25) is 0 Å². The highest BCUT2D eigenvalue weighted by atomic mass is 16.3. The van der Waals surface area contributed by atoms with Crippen LogP contribution in [0, 0.1) is 0 Å². The molecule has 0 saturated carbocycles. The molecule has 0 aromatic carbocycles. The first-order valence-electron chi connectivity index (χ1n) is 5.91. The van der Waals surface area contributed by atoms with Gasteiger partial charge in [-0.25, -0.2) is 4.79 Å². The average molecular weight is 229 g/mol. The van der Waals surface area contributed by atoms with E-state index in [4.69, 9.17) is 0 Å². The summed E-state index contributed by atoms with van der Waals surface area (Å²) in [6.45, 7) is 5.94. The predicted molar refractivity (Wildman–Crippen MR) is 63.4 cm³/mol. The zero-order valence-electron chi connectivity index (χ0n) is 10.5. The normalized spacial score (nSPS) is 19.6. The molecule has 2 amide bonds. The Bertz CT molecular complexity index is 225. The first-order chi connectivity index (χ1) is 7.54. The average Bonchev–Trinajstić information content (AvgIpc) is 2.28. The van der Waals surface area contributed by atoms with E-state index in [1.54, 1.807) is 19.0 Å². The van der Waals surface area contributed by atoms with Gasteiger partial charge in [-0.15, -0.1) is 0 Å². The summed E-state index contributed by atoms with van der Waals surface area (Å²) in [5, 5.41) is 9.54. The molecule has 1 heterocycles. The lowest BCUT2D eigenvalue weighted by molar-refractivity contribution is 0.0747. The van der Waals surface area contributed by atoms with Gasteiger partial charge >= 0.3 is 6.03 Å². The number of aliphatic hydroxyl groups excluding tert-OH is 1. The first kappa shape index (κ1) is 13.3. The van der Waals surface area contributed by atoms with Gasteiger partial charge in [0, 0.05) is 46.8 Å². The molecule has 5 heteroatoms. The molecule has 1 aliphatic heterocycles. The smallest absolute Gasteiger partial charge is 0.319 e. The van der Waals surface area contributed by atoms with Crippen LogP contribution in [0.3, 0.4) is 0 Å². The molecule has 1 atom stereocenters. The van der Waals surface area contributed by atoms with Crippen LogP contribution < -0.4 is 0 Å². The zero-order chi connectivity index (χ0) is 12.1. The lowest BCUT2D eigenvalue weighted by atomic mass is 10.2. The molecule has 1 unspecified atom stereocenters. The monoisotopic (exact) mass is 229 g/mol. The lowest BCUT2D eigenvalue weighted by Crippen LogP contribution is -2.52. The van der Waals surface area contributed by atoms with Gasteiger partial charge in [-0.3, -0.25) is 4.90 Å². The molecular weight excluding hydrogens is 206 g/mol. The van der Waals surface area contributed by atoms with Gasteiger partial charge in [0.25, 0.3) is 0 Å². The Hall–Kier alpha value is -0.810. The standard InChI is InChI=1S/C11H23N3O2/c1-4-10(15)9-13-5-7-14(8-6-13)11(16)12(2)3/h10,15H,4-9H2,1-3H3. The number of hydrogen-bond acceptors (Lipinski definition) is 3. The summed E-state index contributed by atoms with van der Waals surface area (Å²) in [6, 6.07) is 0.0793. The largest absolute Gasteiger partial charge is 0.392 e. The van der Waals surface area contributed by atoms with Crippen LogP contribution in [0.25, 0.3) is 0 Å². The fourth-order valence-electron chi connectivity index (χ4n) is 1.83. The summed E-state index contributed by atoms with van der Waals surface area (Å²) in [7, 11) is 3.55. The molecule has 0 aromatic rings. The molecule has 5 nitrogen and oxygen atoms in total. The molecule has 0 aromatic heterocycles. The second kappa shape index (κ2) is 6.06. The van der Waals surface area contributed by atoms with E-state index in [1.165, 1.54) is 0 Å². The van der Waals surface area contributed by atoms with Crippen LogP contribution >= 0.6 is 0 Å². The van der Waals surface area contributed by atoms with Crippen LogP contribution in [0.2, 0.25) is 0 Å². The molecule has 1 N–H and O–H groups in total. The third-order valence-corrected chi connectivity index (χ3v) is 2.97. The number of β-amino-alcohol motifs (C(OH)–C–C–N with tert-alkyl or cyclic N) is 1. The zero-order valence-corrected chi connectivity index (χ0v) is 10.5. The fourth-order valence-corrected chi connectivity index (χ4v) is 1.83. The van der Waals surface area contributed by atoms with Crippen molar-refractivity contribution in [2.45, 2.75) is 19.4 Å². The summed E-state index contributed by atoms with van der Waals surface area (Å²) < 4.78 is 0. The van der Waals surface area contributed by atoms with E-state index in [-0.39, 0.29) is 12.1 Å². The predicted octanol–water partition coefficient (Wildman–Crippen LogP) is 0.0565. The van der Waals surface area contributed by atoms with Gasteiger partial charge in [0.05, 0.1) is 6.10 Å². The topological polar surface area (TPSA) is 47.0 Å². The summed E-state index contributed by atoms with van der Waals surface area (Å²) >= 11 is 0. The lowest BCUT2D eigenvalue weighted by Gasteiger charge is -2.36. The number of rotatable bonds is 3. The molecule has 0 radical (unpaired) electrons. The maximum atomic E-state index is 11.7. The molecule has 1 aliphatic rings. The van der Waals surface area contributed by atoms with Crippen molar-refractivity contribution in [2.24, 2.45) is 0 Å². The molecule has 16 heavy (non-hydrogen) atoms. The maximum absolute atomic E-state index is 11.7. The van der Waals surface area contributed by atoms with E-state index < -0.39 is 0 Å². The SMILES string of the molecule is CCC(O)CN1CCN(C(=O)N(C)C)CC1. The third-order valence-electron chi connectivity index (χ3n) is 2.97. The minimum Gasteiger partial charge on any atom is -0.392 e. The van der Waals surface area contributed by atoms with E-state index in [9.17, 15) is 9.90 Å². The number of aliphatic hydroxyl groups is 1. The summed E-state index contributed by atoms with van der Waals surface area (Å²) in [5.41, 5.74) is 0. The third kappa shape index (κ3) is 3.64. The highest BCUT2D eigenvalue weighted by molar-refractivity contribution is 5.73. The van der Waals surface area contributed by atoms with Crippen molar-refractivity contribution < 1.29 is 9.90 Å². The number of urea groups is 1. The molecule has 0 bridgehead atoms. The van der Waals surface area contributed by atoms with Crippen molar-refractivity contribution in [1.29, 1.82) is 0 Å². The molecule has 0 spiro atoms. The molecule has 94 valence electrons. The highest BCUT2D eigenvalue weighted by Crippen LogP contribution is 2.05. The highest BCUT2D eigenvalue weighted by Gasteiger charge is 2.22. The van der Waals surface area contributed by atoms with E-state index >= 15 is 0 Å². The van der Waals surface area contributed by atoms with E-state index in [1.807, 2.05) is 11.8 Å². The second-order valence-corrected chi connectivity index (χ2v) is 4.53. The van der Waals surface area contributed by atoms with Gasteiger partial charge in [-0.05, 0) is 6.42 Å². The molecule has 1 rings (SSSR count). The van der Waals surface area contributed by atoms with Gasteiger partial charge in [-0.2, -0.15) is 0 Å². The van der Waals surface area contributed by atoms with Crippen LogP contribution in [0.4, 0.5) is 4.79 Å². The van der Waals surface area contributed by atoms with Crippen molar-refractivity contribution in [1.82, 2.24) is 14.7 Å². The Balaban J connectivity index is 2.31. The Labute approximate surface area is 97.6 Å². The molecule has 1 fully saturated rings. The van der Waals surface area contributed by atoms with Crippen molar-refractivity contribution in [3.63, 3.8) is 0 Å². The van der Waals surface area contributed by atoms with Gasteiger partial charge in [0.15, 0.2) is 0 Å². The molecular formula is C11H23N3O2. The summed E-state index contributed by atoms with van der Waals surface area (Å²) in [6.07, 6.45) is 0.549. The number of nitrogens with zero attached hydrogens (tertiary/aromatic N) is 3. The Morgan fingerprint density at radius 3 is 2.31 bits per heavy atom. The van der Waals surface area contributed by atoms with Gasteiger partial charge in [0.1, 0.15) is 0 Å². The van der Waals surface area contributed by atoms with Crippen LogP contribution in [-0.2, 0) is 0 Å². The number of hydrogen-bond donors (Lipinski definition) is 1. The van der Waals surface area contributed by atoms with Gasteiger partial charge < -0.3 is 14.9 Å². The number of carbonyl (C=O) groups is 1.